The third-order valence-electron chi connectivity index (χ3n) is 2.02. The van der Waals surface area contributed by atoms with Gasteiger partial charge in [-0.25, -0.2) is 0 Å². The van der Waals surface area contributed by atoms with E-state index in [2.05, 4.69) is 4.98 Å². The molecule has 0 aliphatic rings. The Balaban J connectivity index is 2.24. The number of aryl methyl sites for hydroxylation is 1. The first kappa shape index (κ1) is 12.7. The van der Waals surface area contributed by atoms with Crippen molar-refractivity contribution in [2.45, 2.75) is 45.6 Å². The van der Waals surface area contributed by atoms with E-state index in [0.717, 1.165) is 12.8 Å². The smallest absolute Gasteiger partial charge is 0.306 e. The van der Waals surface area contributed by atoms with Gasteiger partial charge < -0.3 is 4.74 Å². The zero-order chi connectivity index (χ0) is 12.0. The zero-order valence-electron chi connectivity index (χ0n) is 10.2. The van der Waals surface area contributed by atoms with Crippen LogP contribution in [0.25, 0.3) is 0 Å². The third-order valence-corrected chi connectivity index (χ3v) is 2.02. The van der Waals surface area contributed by atoms with Gasteiger partial charge in [-0.1, -0.05) is 0 Å². The topological polar surface area (TPSA) is 39.2 Å². The van der Waals surface area contributed by atoms with Gasteiger partial charge in [0.1, 0.15) is 5.60 Å². The molecule has 1 heterocycles. The Kier molecular flexibility index (Phi) is 4.47. The molecule has 0 spiro atoms. The van der Waals surface area contributed by atoms with E-state index in [1.165, 1.54) is 5.56 Å². The molecule has 3 nitrogen and oxygen atoms in total. The van der Waals surface area contributed by atoms with Gasteiger partial charge in [0.25, 0.3) is 0 Å². The highest BCUT2D eigenvalue weighted by molar-refractivity contribution is 5.69. The van der Waals surface area contributed by atoms with Crippen molar-refractivity contribution in [2.24, 2.45) is 0 Å². The van der Waals surface area contributed by atoms with Gasteiger partial charge in [0.2, 0.25) is 0 Å². The molecule has 0 fully saturated rings. The molecule has 0 atom stereocenters. The molecule has 0 bridgehead atoms. The van der Waals surface area contributed by atoms with Crippen molar-refractivity contribution in [1.82, 2.24) is 4.98 Å². The molecule has 0 amide bonds. The molecule has 1 aromatic rings. The average molecular weight is 221 g/mol. The molecule has 3 heteroatoms. The van der Waals surface area contributed by atoms with E-state index in [-0.39, 0.29) is 11.6 Å². The molecule has 1 rings (SSSR count). The summed E-state index contributed by atoms with van der Waals surface area (Å²) in [7, 11) is 0. The number of aromatic nitrogens is 1. The number of carbonyl (C=O) groups is 1. The molecular weight excluding hydrogens is 202 g/mol. The molecule has 16 heavy (non-hydrogen) atoms. The van der Waals surface area contributed by atoms with E-state index in [1.54, 1.807) is 12.4 Å². The van der Waals surface area contributed by atoms with Gasteiger partial charge in [0, 0.05) is 18.8 Å². The van der Waals surface area contributed by atoms with Gasteiger partial charge in [-0.15, -0.1) is 0 Å². The number of carbonyl (C=O) groups excluding carboxylic acids is 1. The van der Waals surface area contributed by atoms with Crippen LogP contribution in [0.4, 0.5) is 0 Å². The van der Waals surface area contributed by atoms with Crippen molar-refractivity contribution in [1.29, 1.82) is 0 Å². The second-order valence-electron chi connectivity index (χ2n) is 4.80. The lowest BCUT2D eigenvalue weighted by molar-refractivity contribution is -0.154. The van der Waals surface area contributed by atoms with Crippen LogP contribution in [0.5, 0.6) is 0 Å². The highest BCUT2D eigenvalue weighted by Gasteiger charge is 2.15. The summed E-state index contributed by atoms with van der Waals surface area (Å²) in [6.45, 7) is 5.65. The van der Waals surface area contributed by atoms with Crippen LogP contribution in [0.15, 0.2) is 24.5 Å². The van der Waals surface area contributed by atoms with Gasteiger partial charge in [-0.2, -0.15) is 0 Å². The van der Waals surface area contributed by atoms with Gasteiger partial charge in [0.05, 0.1) is 0 Å². The number of ether oxygens (including phenoxy) is 1. The van der Waals surface area contributed by atoms with Crippen molar-refractivity contribution in [3.8, 4) is 0 Å². The largest absolute Gasteiger partial charge is 0.460 e. The summed E-state index contributed by atoms with van der Waals surface area (Å²) in [6.07, 6.45) is 5.71. The Labute approximate surface area is 96.8 Å². The standard InChI is InChI=1S/C13H19NO2/c1-13(2,3)16-12(15)6-4-5-11-7-9-14-10-8-11/h7-10H,4-6H2,1-3H3. The Bertz CT molecular complexity index is 328. The number of rotatable bonds is 4. The summed E-state index contributed by atoms with van der Waals surface area (Å²) >= 11 is 0. The lowest BCUT2D eigenvalue weighted by atomic mass is 10.1. The van der Waals surface area contributed by atoms with Crippen molar-refractivity contribution >= 4 is 5.97 Å². The summed E-state index contributed by atoms with van der Waals surface area (Å²) in [6, 6.07) is 3.93. The highest BCUT2D eigenvalue weighted by atomic mass is 16.6. The van der Waals surface area contributed by atoms with Gasteiger partial charge in [-0.05, 0) is 51.3 Å². The van der Waals surface area contributed by atoms with Crippen LogP contribution < -0.4 is 0 Å². The summed E-state index contributed by atoms with van der Waals surface area (Å²) in [4.78, 5) is 15.4. The minimum Gasteiger partial charge on any atom is -0.460 e. The first-order valence-electron chi connectivity index (χ1n) is 5.58. The van der Waals surface area contributed by atoms with Crippen LogP contribution in [0.3, 0.4) is 0 Å². The van der Waals surface area contributed by atoms with Crippen LogP contribution >= 0.6 is 0 Å². The van der Waals surface area contributed by atoms with E-state index in [4.69, 9.17) is 4.74 Å². The van der Waals surface area contributed by atoms with E-state index in [9.17, 15) is 4.79 Å². The quantitative estimate of drug-likeness (QED) is 0.734. The maximum atomic E-state index is 11.4. The van der Waals surface area contributed by atoms with Gasteiger partial charge >= 0.3 is 5.97 Å². The molecular formula is C13H19NO2. The van der Waals surface area contributed by atoms with E-state index >= 15 is 0 Å². The number of esters is 1. The molecule has 0 saturated heterocycles. The molecule has 0 aliphatic heterocycles. The summed E-state index contributed by atoms with van der Waals surface area (Å²) in [5, 5.41) is 0. The predicted octanol–water partition coefficient (Wildman–Crippen LogP) is 2.75. The summed E-state index contributed by atoms with van der Waals surface area (Å²) < 4.78 is 5.22. The second kappa shape index (κ2) is 5.64. The minimum absolute atomic E-state index is 0.124. The van der Waals surface area contributed by atoms with Crippen molar-refractivity contribution < 1.29 is 9.53 Å². The van der Waals surface area contributed by atoms with Crippen LogP contribution in [0, 0.1) is 0 Å². The van der Waals surface area contributed by atoms with E-state index in [1.807, 2.05) is 32.9 Å². The first-order chi connectivity index (χ1) is 7.47. The molecule has 88 valence electrons. The lowest BCUT2D eigenvalue weighted by Crippen LogP contribution is -2.23. The average Bonchev–Trinajstić information content (AvgIpc) is 2.16. The zero-order valence-corrected chi connectivity index (χ0v) is 10.2. The Morgan fingerprint density at radius 3 is 2.50 bits per heavy atom. The summed E-state index contributed by atoms with van der Waals surface area (Å²) in [5.41, 5.74) is 0.826. The van der Waals surface area contributed by atoms with Crippen LogP contribution in [0.1, 0.15) is 39.2 Å². The fraction of sp³-hybridized carbons (Fsp3) is 0.538. The number of nitrogens with zero attached hydrogens (tertiary/aromatic N) is 1. The summed E-state index contributed by atoms with van der Waals surface area (Å²) in [5.74, 6) is -0.124. The Hall–Kier alpha value is -1.38. The van der Waals surface area contributed by atoms with Gasteiger partial charge in [0.15, 0.2) is 0 Å². The fourth-order valence-electron chi connectivity index (χ4n) is 1.38. The van der Waals surface area contributed by atoms with Crippen LogP contribution in [-0.2, 0) is 16.0 Å². The maximum absolute atomic E-state index is 11.4. The monoisotopic (exact) mass is 221 g/mol. The van der Waals surface area contributed by atoms with Crippen molar-refractivity contribution in [3.05, 3.63) is 30.1 Å². The first-order valence-corrected chi connectivity index (χ1v) is 5.58. The third kappa shape index (κ3) is 5.49. The Morgan fingerprint density at radius 2 is 1.94 bits per heavy atom. The molecule has 0 N–H and O–H groups in total. The van der Waals surface area contributed by atoms with Crippen LogP contribution in [-0.4, -0.2) is 16.6 Å². The number of hydrogen-bond acceptors (Lipinski definition) is 3. The van der Waals surface area contributed by atoms with Crippen molar-refractivity contribution in [2.75, 3.05) is 0 Å². The van der Waals surface area contributed by atoms with Crippen LogP contribution in [0.2, 0.25) is 0 Å². The fourth-order valence-corrected chi connectivity index (χ4v) is 1.38. The lowest BCUT2D eigenvalue weighted by Gasteiger charge is -2.19. The molecule has 0 aromatic carbocycles. The van der Waals surface area contributed by atoms with Crippen molar-refractivity contribution in [3.63, 3.8) is 0 Å². The minimum atomic E-state index is -0.381. The van der Waals surface area contributed by atoms with E-state index in [0.29, 0.717) is 6.42 Å². The predicted molar refractivity (Wildman–Crippen MR) is 63.0 cm³/mol. The molecule has 0 unspecified atom stereocenters. The maximum Gasteiger partial charge on any atom is 0.306 e. The second-order valence-corrected chi connectivity index (χ2v) is 4.80. The molecule has 0 radical (unpaired) electrons. The van der Waals surface area contributed by atoms with Gasteiger partial charge in [-0.3, -0.25) is 9.78 Å². The highest BCUT2D eigenvalue weighted by Crippen LogP contribution is 2.10. The Morgan fingerprint density at radius 1 is 1.31 bits per heavy atom. The molecule has 0 aliphatic carbocycles. The SMILES string of the molecule is CC(C)(C)OC(=O)CCCc1ccncc1. The number of pyridine rings is 1. The van der Waals surface area contributed by atoms with E-state index < -0.39 is 0 Å². The number of hydrogen-bond donors (Lipinski definition) is 0. The normalized spacial score (nSPS) is 11.2. The molecule has 0 saturated carbocycles. The molecule has 1 aromatic heterocycles.